The molecule has 0 saturated carbocycles. The van der Waals surface area contributed by atoms with Gasteiger partial charge in [-0.05, 0) is 5.56 Å². The molecule has 25 heavy (non-hydrogen) atoms. The molecule has 4 aromatic rings. The van der Waals surface area contributed by atoms with E-state index in [0.29, 0.717) is 17.4 Å². The van der Waals surface area contributed by atoms with Gasteiger partial charge in [0.15, 0.2) is 11.5 Å². The summed E-state index contributed by atoms with van der Waals surface area (Å²) in [6, 6.07) is 19.1. The summed E-state index contributed by atoms with van der Waals surface area (Å²) in [6.07, 6.45) is 2.49. The summed E-state index contributed by atoms with van der Waals surface area (Å²) < 4.78 is 7.62. The number of rotatable bonds is 5. The molecule has 124 valence electrons. The van der Waals surface area contributed by atoms with Crippen LogP contribution in [0, 0.1) is 0 Å². The lowest BCUT2D eigenvalue weighted by molar-refractivity contribution is 0.104. The van der Waals surface area contributed by atoms with Gasteiger partial charge in [-0.2, -0.15) is 0 Å². The molecule has 0 aliphatic heterocycles. The van der Waals surface area contributed by atoms with Crippen molar-refractivity contribution in [3.63, 3.8) is 0 Å². The second kappa shape index (κ2) is 6.70. The summed E-state index contributed by atoms with van der Waals surface area (Å²) >= 11 is 0. The third-order valence-electron chi connectivity index (χ3n) is 3.89. The molecule has 0 fully saturated rings. The zero-order chi connectivity index (χ0) is 17.1. The number of aromatic nitrogens is 4. The van der Waals surface area contributed by atoms with Crippen molar-refractivity contribution < 1.29 is 9.84 Å². The maximum absolute atomic E-state index is 10.3. The van der Waals surface area contributed by atoms with Crippen LogP contribution in [0.15, 0.2) is 73.1 Å². The molecule has 0 bridgehead atoms. The Hall–Kier alpha value is -3.25. The predicted molar refractivity (Wildman–Crippen MR) is 93.1 cm³/mol. The van der Waals surface area contributed by atoms with E-state index in [9.17, 15) is 5.11 Å². The lowest BCUT2D eigenvalue weighted by Gasteiger charge is -2.14. The number of fused-ring (bicyclic) bond motifs is 1. The first-order chi connectivity index (χ1) is 12.3. The van der Waals surface area contributed by atoms with E-state index in [-0.39, 0.29) is 6.61 Å². The lowest BCUT2D eigenvalue weighted by atomic mass is 10.1. The van der Waals surface area contributed by atoms with Crippen molar-refractivity contribution in [1.82, 2.24) is 19.6 Å². The maximum Gasteiger partial charge on any atom is 0.220 e. The molecule has 4 rings (SSSR count). The summed E-state index contributed by atoms with van der Waals surface area (Å²) in [4.78, 5) is 4.14. The molecule has 6 heteroatoms. The molecule has 6 nitrogen and oxygen atoms in total. The van der Waals surface area contributed by atoms with Gasteiger partial charge in [-0.15, -0.1) is 10.2 Å². The minimum absolute atomic E-state index is 0.108. The van der Waals surface area contributed by atoms with E-state index in [4.69, 9.17) is 4.74 Å². The van der Waals surface area contributed by atoms with Crippen LogP contribution in [0.4, 0.5) is 0 Å². The number of ether oxygens (including phenoxy) is 1. The monoisotopic (exact) mass is 332 g/mol. The molecular formula is C19H16N4O2. The van der Waals surface area contributed by atoms with E-state index in [1.807, 2.05) is 60.7 Å². The molecule has 0 aliphatic carbocycles. The highest BCUT2D eigenvalue weighted by Crippen LogP contribution is 2.23. The van der Waals surface area contributed by atoms with Gasteiger partial charge in [-0.1, -0.05) is 60.7 Å². The predicted octanol–water partition coefficient (Wildman–Crippen LogP) is 2.90. The van der Waals surface area contributed by atoms with E-state index in [1.165, 1.54) is 0 Å². The van der Waals surface area contributed by atoms with Crippen LogP contribution in [-0.2, 0) is 0 Å². The number of hydrogen-bond acceptors (Lipinski definition) is 5. The molecule has 2 heterocycles. The molecule has 2 aromatic carbocycles. The molecule has 0 radical (unpaired) electrons. The molecule has 0 amide bonds. The second-order valence-corrected chi connectivity index (χ2v) is 5.57. The Balaban J connectivity index is 1.65. The average Bonchev–Trinajstić information content (AvgIpc) is 3.12. The highest BCUT2D eigenvalue weighted by atomic mass is 16.5. The van der Waals surface area contributed by atoms with E-state index in [2.05, 4.69) is 15.2 Å². The summed E-state index contributed by atoms with van der Waals surface area (Å²) in [5, 5.41) is 18.7. The smallest absolute Gasteiger partial charge is 0.220 e. The third-order valence-corrected chi connectivity index (χ3v) is 3.89. The molecule has 1 atom stereocenters. The van der Waals surface area contributed by atoms with Crippen LogP contribution >= 0.6 is 0 Å². The minimum atomic E-state index is -0.729. The van der Waals surface area contributed by atoms with Crippen LogP contribution in [0.3, 0.4) is 0 Å². The summed E-state index contributed by atoms with van der Waals surface area (Å²) in [5.41, 5.74) is 2.31. The Morgan fingerprint density at radius 3 is 2.40 bits per heavy atom. The summed E-state index contributed by atoms with van der Waals surface area (Å²) in [5.74, 6) is 1.15. The Morgan fingerprint density at radius 1 is 0.920 bits per heavy atom. The highest BCUT2D eigenvalue weighted by molar-refractivity contribution is 5.60. The van der Waals surface area contributed by atoms with Gasteiger partial charge in [0, 0.05) is 5.56 Å². The molecule has 1 unspecified atom stereocenters. The molecule has 0 spiro atoms. The van der Waals surface area contributed by atoms with Crippen LogP contribution in [0.2, 0.25) is 0 Å². The standard InChI is InChI=1S/C19H16N4O2/c24-16(14-7-3-1-4-8-14)13-25-18-12-20-11-17-21-22-19(23(17)18)15-9-5-2-6-10-15/h1-12,16,24H,13H2. The fourth-order valence-electron chi connectivity index (χ4n) is 2.63. The zero-order valence-corrected chi connectivity index (χ0v) is 13.4. The van der Waals surface area contributed by atoms with E-state index in [0.717, 1.165) is 11.1 Å². The van der Waals surface area contributed by atoms with Gasteiger partial charge in [-0.25, -0.2) is 4.40 Å². The number of nitrogens with zero attached hydrogens (tertiary/aromatic N) is 4. The first kappa shape index (κ1) is 15.3. The van der Waals surface area contributed by atoms with Gasteiger partial charge in [0.2, 0.25) is 5.88 Å². The van der Waals surface area contributed by atoms with E-state index < -0.39 is 6.10 Å². The number of benzene rings is 2. The molecule has 0 saturated heterocycles. The molecule has 2 aromatic heterocycles. The van der Waals surface area contributed by atoms with Crippen molar-refractivity contribution in [3.05, 3.63) is 78.6 Å². The van der Waals surface area contributed by atoms with Crippen molar-refractivity contribution in [1.29, 1.82) is 0 Å². The fourth-order valence-corrected chi connectivity index (χ4v) is 2.63. The van der Waals surface area contributed by atoms with Crippen LogP contribution < -0.4 is 4.74 Å². The lowest BCUT2D eigenvalue weighted by Crippen LogP contribution is -2.11. The summed E-state index contributed by atoms with van der Waals surface area (Å²) in [7, 11) is 0. The van der Waals surface area contributed by atoms with Crippen molar-refractivity contribution in [2.45, 2.75) is 6.10 Å². The largest absolute Gasteiger partial charge is 0.474 e. The SMILES string of the molecule is OC(COc1cncc2nnc(-c3ccccc3)n12)c1ccccc1. The third kappa shape index (κ3) is 3.07. The van der Waals surface area contributed by atoms with Crippen LogP contribution in [0.25, 0.3) is 17.0 Å². The fraction of sp³-hybridized carbons (Fsp3) is 0.105. The first-order valence-electron chi connectivity index (χ1n) is 7.93. The zero-order valence-electron chi connectivity index (χ0n) is 13.4. The van der Waals surface area contributed by atoms with Gasteiger partial charge in [0.25, 0.3) is 0 Å². The number of aliphatic hydroxyl groups is 1. The van der Waals surface area contributed by atoms with Crippen molar-refractivity contribution in [2.75, 3.05) is 6.61 Å². The van der Waals surface area contributed by atoms with Gasteiger partial charge >= 0.3 is 0 Å². The Kier molecular flexibility index (Phi) is 4.10. The average molecular weight is 332 g/mol. The molecular weight excluding hydrogens is 316 g/mol. The maximum atomic E-state index is 10.3. The first-order valence-corrected chi connectivity index (χ1v) is 7.93. The van der Waals surface area contributed by atoms with E-state index >= 15 is 0 Å². The summed E-state index contributed by atoms with van der Waals surface area (Å²) in [6.45, 7) is 0.108. The van der Waals surface area contributed by atoms with Crippen molar-refractivity contribution in [2.24, 2.45) is 0 Å². The Morgan fingerprint density at radius 2 is 1.64 bits per heavy atom. The molecule has 0 aliphatic rings. The Bertz CT molecular complexity index is 971. The van der Waals surface area contributed by atoms with Crippen LogP contribution in [-0.4, -0.2) is 31.3 Å². The van der Waals surface area contributed by atoms with Gasteiger partial charge in [-0.3, -0.25) is 4.98 Å². The van der Waals surface area contributed by atoms with Crippen LogP contribution in [0.1, 0.15) is 11.7 Å². The van der Waals surface area contributed by atoms with Crippen LogP contribution in [0.5, 0.6) is 5.88 Å². The topological polar surface area (TPSA) is 72.5 Å². The van der Waals surface area contributed by atoms with Gasteiger partial charge in [0.1, 0.15) is 12.7 Å². The molecule has 1 N–H and O–H groups in total. The normalized spacial score (nSPS) is 12.2. The highest BCUT2D eigenvalue weighted by Gasteiger charge is 2.14. The quantitative estimate of drug-likeness (QED) is 0.608. The number of hydrogen-bond donors (Lipinski definition) is 1. The van der Waals surface area contributed by atoms with Gasteiger partial charge in [0.05, 0.1) is 12.4 Å². The Labute approximate surface area is 144 Å². The van der Waals surface area contributed by atoms with Crippen molar-refractivity contribution >= 4 is 5.65 Å². The van der Waals surface area contributed by atoms with Crippen molar-refractivity contribution in [3.8, 4) is 17.3 Å². The second-order valence-electron chi connectivity index (χ2n) is 5.57. The van der Waals surface area contributed by atoms with E-state index in [1.54, 1.807) is 16.8 Å². The number of aliphatic hydroxyl groups excluding tert-OH is 1. The minimum Gasteiger partial charge on any atom is -0.474 e. The van der Waals surface area contributed by atoms with Gasteiger partial charge < -0.3 is 9.84 Å².